The number of hydrogen-bond acceptors (Lipinski definition) is 5. The summed E-state index contributed by atoms with van der Waals surface area (Å²) in [6.45, 7) is 2.02. The summed E-state index contributed by atoms with van der Waals surface area (Å²) in [5, 5.41) is 25.1. The van der Waals surface area contributed by atoms with Crippen LogP contribution in [0, 0.1) is 17.0 Å². The maximum atomic E-state index is 10.6. The zero-order chi connectivity index (χ0) is 15.4. The van der Waals surface area contributed by atoms with Gasteiger partial charge in [0.05, 0.1) is 34.4 Å². The molecule has 0 aliphatic carbocycles. The molecule has 0 radical (unpaired) electrons. The van der Waals surface area contributed by atoms with Crippen LogP contribution >= 0.6 is 11.6 Å². The van der Waals surface area contributed by atoms with Gasteiger partial charge in [-0.05, 0) is 13.0 Å². The molecule has 7 nitrogen and oxygen atoms in total. The van der Waals surface area contributed by atoms with Gasteiger partial charge in [0, 0.05) is 6.07 Å². The van der Waals surface area contributed by atoms with Crippen molar-refractivity contribution in [1.29, 1.82) is 0 Å². The Morgan fingerprint density at radius 3 is 2.95 bits per heavy atom. The molecule has 21 heavy (non-hydrogen) atoms. The number of hydrogen-bond donors (Lipinski definition) is 1. The second kappa shape index (κ2) is 6.55. The van der Waals surface area contributed by atoms with Crippen LogP contribution in [0.1, 0.15) is 5.69 Å². The van der Waals surface area contributed by atoms with Gasteiger partial charge in [-0.15, -0.1) is 0 Å². The van der Waals surface area contributed by atoms with Gasteiger partial charge in [0.1, 0.15) is 18.5 Å². The molecule has 1 heterocycles. The van der Waals surface area contributed by atoms with Crippen LogP contribution in [0.3, 0.4) is 0 Å². The number of aliphatic hydroxyl groups is 1. The number of aliphatic hydroxyl groups excluding tert-OH is 1. The van der Waals surface area contributed by atoms with Crippen LogP contribution in [0.2, 0.25) is 5.02 Å². The molecule has 1 N–H and O–H groups in total. The molecule has 0 spiro atoms. The Kier molecular flexibility index (Phi) is 4.77. The van der Waals surface area contributed by atoms with Gasteiger partial charge in [-0.25, -0.2) is 0 Å². The van der Waals surface area contributed by atoms with Crippen LogP contribution in [0.4, 0.5) is 5.69 Å². The SMILES string of the molecule is Cc1c(Cl)cnn1CC(O)COc1cccc([N+](=O)[O-])c1. The molecule has 8 heteroatoms. The van der Waals surface area contributed by atoms with Crippen LogP contribution in [-0.2, 0) is 6.54 Å². The molecular formula is C13H14ClN3O4. The van der Waals surface area contributed by atoms with Crippen molar-refractivity contribution < 1.29 is 14.8 Å². The molecule has 0 aliphatic heterocycles. The third kappa shape index (κ3) is 3.93. The summed E-state index contributed by atoms with van der Waals surface area (Å²) in [6.07, 6.45) is 0.698. The Morgan fingerprint density at radius 2 is 2.33 bits per heavy atom. The lowest BCUT2D eigenvalue weighted by atomic mass is 10.3. The fourth-order valence-electron chi connectivity index (χ4n) is 1.74. The van der Waals surface area contributed by atoms with E-state index in [1.807, 2.05) is 0 Å². The van der Waals surface area contributed by atoms with Gasteiger partial charge in [-0.3, -0.25) is 14.8 Å². The first kappa shape index (κ1) is 15.3. The van der Waals surface area contributed by atoms with Crippen LogP contribution in [-0.4, -0.2) is 32.5 Å². The zero-order valence-electron chi connectivity index (χ0n) is 11.3. The minimum atomic E-state index is -0.807. The molecule has 1 aromatic heterocycles. The molecule has 0 bridgehead atoms. The molecule has 0 amide bonds. The molecule has 1 aromatic carbocycles. The van der Waals surface area contributed by atoms with E-state index in [2.05, 4.69) is 5.10 Å². The lowest BCUT2D eigenvalue weighted by Crippen LogP contribution is -2.24. The van der Waals surface area contributed by atoms with E-state index in [0.29, 0.717) is 10.8 Å². The normalized spacial score (nSPS) is 12.1. The number of ether oxygens (including phenoxy) is 1. The van der Waals surface area contributed by atoms with Crippen LogP contribution in [0.25, 0.3) is 0 Å². The van der Waals surface area contributed by atoms with Crippen molar-refractivity contribution in [2.24, 2.45) is 0 Å². The summed E-state index contributed by atoms with van der Waals surface area (Å²) in [5.74, 6) is 0.332. The minimum absolute atomic E-state index is 0.00190. The third-order valence-corrected chi connectivity index (χ3v) is 3.27. The summed E-state index contributed by atoms with van der Waals surface area (Å²) in [5.41, 5.74) is 0.697. The largest absolute Gasteiger partial charge is 0.491 e. The van der Waals surface area contributed by atoms with Gasteiger partial charge in [0.25, 0.3) is 5.69 Å². The first-order valence-corrected chi connectivity index (χ1v) is 6.58. The van der Waals surface area contributed by atoms with E-state index in [9.17, 15) is 15.2 Å². The molecule has 0 fully saturated rings. The van der Waals surface area contributed by atoms with Crippen LogP contribution in [0.15, 0.2) is 30.5 Å². The van der Waals surface area contributed by atoms with E-state index in [1.54, 1.807) is 17.7 Å². The Balaban J connectivity index is 1.92. The Hall–Kier alpha value is -2.12. The highest BCUT2D eigenvalue weighted by atomic mass is 35.5. The van der Waals surface area contributed by atoms with Crippen molar-refractivity contribution in [2.45, 2.75) is 19.6 Å². The quantitative estimate of drug-likeness (QED) is 0.652. The lowest BCUT2D eigenvalue weighted by molar-refractivity contribution is -0.384. The van der Waals surface area contributed by atoms with E-state index in [0.717, 1.165) is 5.69 Å². The number of non-ortho nitro benzene ring substituents is 1. The summed E-state index contributed by atoms with van der Waals surface area (Å²) in [4.78, 5) is 10.1. The predicted octanol–water partition coefficient (Wildman–Crippen LogP) is 2.19. The van der Waals surface area contributed by atoms with Gasteiger partial charge >= 0.3 is 0 Å². The van der Waals surface area contributed by atoms with E-state index in [-0.39, 0.29) is 18.8 Å². The van der Waals surface area contributed by atoms with E-state index in [1.165, 1.54) is 24.4 Å². The summed E-state index contributed by atoms with van der Waals surface area (Å²) in [7, 11) is 0. The Morgan fingerprint density at radius 1 is 1.57 bits per heavy atom. The molecule has 0 saturated carbocycles. The summed E-state index contributed by atoms with van der Waals surface area (Å²) in [6, 6.07) is 5.80. The van der Waals surface area contributed by atoms with Gasteiger partial charge in [0.15, 0.2) is 0 Å². The predicted molar refractivity (Wildman–Crippen MR) is 76.6 cm³/mol. The number of nitro groups is 1. The number of halogens is 1. The van der Waals surface area contributed by atoms with Crippen molar-refractivity contribution in [2.75, 3.05) is 6.61 Å². The number of rotatable bonds is 6. The third-order valence-electron chi connectivity index (χ3n) is 2.90. The molecule has 0 saturated heterocycles. The van der Waals surface area contributed by atoms with Crippen molar-refractivity contribution in [3.05, 3.63) is 51.3 Å². The second-order valence-corrected chi connectivity index (χ2v) is 4.89. The maximum absolute atomic E-state index is 10.6. The number of nitro benzene ring substituents is 1. The number of nitrogens with zero attached hydrogens (tertiary/aromatic N) is 3. The Labute approximate surface area is 125 Å². The smallest absolute Gasteiger partial charge is 0.273 e. The number of benzene rings is 1. The minimum Gasteiger partial charge on any atom is -0.491 e. The average Bonchev–Trinajstić information content (AvgIpc) is 2.77. The monoisotopic (exact) mass is 311 g/mol. The molecule has 0 aliphatic rings. The van der Waals surface area contributed by atoms with Gasteiger partial charge in [-0.2, -0.15) is 5.10 Å². The first-order valence-electron chi connectivity index (χ1n) is 6.20. The number of aromatic nitrogens is 2. The topological polar surface area (TPSA) is 90.4 Å². The van der Waals surface area contributed by atoms with Crippen LogP contribution in [0.5, 0.6) is 5.75 Å². The highest BCUT2D eigenvalue weighted by Crippen LogP contribution is 2.19. The lowest BCUT2D eigenvalue weighted by Gasteiger charge is -2.13. The zero-order valence-corrected chi connectivity index (χ0v) is 12.0. The Bertz CT molecular complexity index is 644. The molecule has 1 atom stereocenters. The summed E-state index contributed by atoms with van der Waals surface area (Å²) >= 11 is 5.87. The average molecular weight is 312 g/mol. The molecule has 1 unspecified atom stereocenters. The van der Waals surface area contributed by atoms with Gasteiger partial charge in [0.2, 0.25) is 0 Å². The summed E-state index contributed by atoms with van der Waals surface area (Å²) < 4.78 is 6.92. The fourth-order valence-corrected chi connectivity index (χ4v) is 1.88. The molecular weight excluding hydrogens is 298 g/mol. The van der Waals surface area contributed by atoms with E-state index < -0.39 is 11.0 Å². The van der Waals surface area contributed by atoms with Crippen molar-refractivity contribution in [3.63, 3.8) is 0 Å². The van der Waals surface area contributed by atoms with Gasteiger partial charge < -0.3 is 9.84 Å². The molecule has 2 rings (SSSR count). The first-order chi connectivity index (χ1) is 9.97. The second-order valence-electron chi connectivity index (χ2n) is 4.48. The van der Waals surface area contributed by atoms with Crippen molar-refractivity contribution in [3.8, 4) is 5.75 Å². The van der Waals surface area contributed by atoms with Crippen molar-refractivity contribution >= 4 is 17.3 Å². The van der Waals surface area contributed by atoms with Crippen molar-refractivity contribution in [1.82, 2.24) is 9.78 Å². The highest BCUT2D eigenvalue weighted by Gasteiger charge is 2.12. The van der Waals surface area contributed by atoms with E-state index >= 15 is 0 Å². The molecule has 2 aromatic rings. The standard InChI is InChI=1S/C13H14ClN3O4/c1-9-13(14)6-15-16(9)7-11(18)8-21-12-4-2-3-10(5-12)17(19)20/h2-6,11,18H,7-8H2,1H3. The fraction of sp³-hybridized carbons (Fsp3) is 0.308. The molecule has 112 valence electrons. The maximum Gasteiger partial charge on any atom is 0.273 e. The van der Waals surface area contributed by atoms with E-state index in [4.69, 9.17) is 16.3 Å². The highest BCUT2D eigenvalue weighted by molar-refractivity contribution is 6.31. The van der Waals surface area contributed by atoms with Crippen LogP contribution < -0.4 is 4.74 Å². The van der Waals surface area contributed by atoms with Gasteiger partial charge in [-0.1, -0.05) is 17.7 Å².